The van der Waals surface area contributed by atoms with Gasteiger partial charge in [-0.1, -0.05) is 0 Å². The third-order valence-corrected chi connectivity index (χ3v) is 2.78. The number of hydrogen-bond donors (Lipinski definition) is 1. The van der Waals surface area contributed by atoms with Crippen LogP contribution in [0.25, 0.3) is 0 Å². The van der Waals surface area contributed by atoms with Crippen molar-refractivity contribution in [2.24, 2.45) is 0 Å². The lowest BCUT2D eigenvalue weighted by atomic mass is 10.2. The summed E-state index contributed by atoms with van der Waals surface area (Å²) in [5, 5.41) is 8.55. The van der Waals surface area contributed by atoms with Crippen LogP contribution in [0.1, 0.15) is 32.1 Å². The summed E-state index contributed by atoms with van der Waals surface area (Å²) in [6.07, 6.45) is 5.30. The first-order chi connectivity index (χ1) is 6.85. The minimum absolute atomic E-state index is 0.0476. The fourth-order valence-corrected chi connectivity index (χ4v) is 1.75. The van der Waals surface area contributed by atoms with Crippen LogP contribution in [0.3, 0.4) is 0 Å². The first kappa shape index (κ1) is 10.4. The van der Waals surface area contributed by atoms with Crippen molar-refractivity contribution in [1.29, 1.82) is 0 Å². The van der Waals surface area contributed by atoms with E-state index in [4.69, 9.17) is 19.3 Å². The van der Waals surface area contributed by atoms with Gasteiger partial charge < -0.3 is 19.3 Å². The Morgan fingerprint density at radius 1 is 1.36 bits per heavy atom. The third kappa shape index (κ3) is 2.67. The van der Waals surface area contributed by atoms with E-state index in [0.29, 0.717) is 6.61 Å². The van der Waals surface area contributed by atoms with Crippen LogP contribution >= 0.6 is 0 Å². The van der Waals surface area contributed by atoms with Crippen molar-refractivity contribution in [3.05, 3.63) is 0 Å². The van der Waals surface area contributed by atoms with Crippen LogP contribution in [-0.2, 0) is 14.2 Å². The molecule has 0 radical (unpaired) electrons. The van der Waals surface area contributed by atoms with Gasteiger partial charge in [0, 0.05) is 6.61 Å². The molecule has 0 aromatic carbocycles. The Balaban J connectivity index is 1.72. The average Bonchev–Trinajstić information content (AvgIpc) is 2.97. The van der Waals surface area contributed by atoms with Crippen molar-refractivity contribution in [2.75, 3.05) is 20.0 Å². The first-order valence-corrected chi connectivity index (χ1v) is 5.33. The van der Waals surface area contributed by atoms with Crippen molar-refractivity contribution in [3.8, 4) is 0 Å². The molecule has 0 aromatic rings. The first-order valence-electron chi connectivity index (χ1n) is 5.33. The van der Waals surface area contributed by atoms with E-state index >= 15 is 0 Å². The van der Waals surface area contributed by atoms with Crippen LogP contribution in [0.2, 0.25) is 0 Å². The summed E-state index contributed by atoms with van der Waals surface area (Å²) in [7, 11) is 0. The predicted molar refractivity (Wildman–Crippen MR) is 49.7 cm³/mol. The molecular weight excluding hydrogens is 184 g/mol. The normalized spacial score (nSPS) is 30.2. The van der Waals surface area contributed by atoms with Crippen LogP contribution in [0.15, 0.2) is 0 Å². The molecule has 1 saturated heterocycles. The molecule has 1 atom stereocenters. The van der Waals surface area contributed by atoms with Gasteiger partial charge in [-0.2, -0.15) is 0 Å². The molecule has 14 heavy (non-hydrogen) atoms. The van der Waals surface area contributed by atoms with Gasteiger partial charge in [0.25, 0.3) is 0 Å². The highest BCUT2D eigenvalue weighted by atomic mass is 16.7. The van der Waals surface area contributed by atoms with Crippen LogP contribution in [0.4, 0.5) is 0 Å². The van der Waals surface area contributed by atoms with Gasteiger partial charge in [-0.3, -0.25) is 0 Å². The van der Waals surface area contributed by atoms with Gasteiger partial charge in [-0.05, 0) is 32.1 Å². The van der Waals surface area contributed by atoms with Crippen molar-refractivity contribution < 1.29 is 19.3 Å². The standard InChI is InChI=1S/C10H18O4/c11-8-12-7-10(4-5-10)14-9-3-1-2-6-13-9/h9,11H,1-8H2. The van der Waals surface area contributed by atoms with E-state index in [-0.39, 0.29) is 18.7 Å². The largest absolute Gasteiger partial charge is 0.371 e. The quantitative estimate of drug-likeness (QED) is 0.676. The van der Waals surface area contributed by atoms with Crippen molar-refractivity contribution >= 4 is 0 Å². The zero-order chi connectivity index (χ0) is 9.86. The van der Waals surface area contributed by atoms with Gasteiger partial charge in [0.05, 0.1) is 12.2 Å². The zero-order valence-electron chi connectivity index (χ0n) is 8.41. The molecule has 2 aliphatic rings. The highest BCUT2D eigenvalue weighted by Crippen LogP contribution is 2.41. The Kier molecular flexibility index (Phi) is 3.38. The van der Waals surface area contributed by atoms with E-state index in [1.165, 1.54) is 6.42 Å². The topological polar surface area (TPSA) is 47.9 Å². The third-order valence-electron chi connectivity index (χ3n) is 2.78. The molecule has 2 fully saturated rings. The lowest BCUT2D eigenvalue weighted by Crippen LogP contribution is -2.32. The maximum atomic E-state index is 8.55. The summed E-state index contributed by atoms with van der Waals surface area (Å²) in [4.78, 5) is 0. The summed E-state index contributed by atoms with van der Waals surface area (Å²) in [5.74, 6) is 0. The number of ether oxygens (including phenoxy) is 3. The zero-order valence-corrected chi connectivity index (χ0v) is 8.41. The Hall–Kier alpha value is -0.160. The Bertz CT molecular complexity index is 173. The maximum Gasteiger partial charge on any atom is 0.158 e. The van der Waals surface area contributed by atoms with E-state index in [2.05, 4.69) is 0 Å². The van der Waals surface area contributed by atoms with Crippen molar-refractivity contribution in [3.63, 3.8) is 0 Å². The maximum absolute atomic E-state index is 8.55. The van der Waals surface area contributed by atoms with Crippen LogP contribution in [-0.4, -0.2) is 37.0 Å². The molecule has 0 spiro atoms. The second-order valence-electron chi connectivity index (χ2n) is 4.07. The predicted octanol–water partition coefficient (Wildman–Crippen LogP) is 1.03. The second kappa shape index (κ2) is 4.57. The molecule has 1 N–H and O–H groups in total. The molecule has 1 aliphatic heterocycles. The number of aliphatic hydroxyl groups excluding tert-OH is 1. The molecule has 4 heteroatoms. The van der Waals surface area contributed by atoms with E-state index in [0.717, 1.165) is 32.3 Å². The Labute approximate surface area is 84.1 Å². The lowest BCUT2D eigenvalue weighted by molar-refractivity contribution is -0.212. The average molecular weight is 202 g/mol. The summed E-state index contributed by atoms with van der Waals surface area (Å²) in [6.45, 7) is 1.07. The summed E-state index contributed by atoms with van der Waals surface area (Å²) in [6, 6.07) is 0. The molecule has 1 saturated carbocycles. The minimum atomic E-state index is -0.226. The molecule has 1 heterocycles. The summed E-state index contributed by atoms with van der Waals surface area (Å²) >= 11 is 0. The van der Waals surface area contributed by atoms with Gasteiger partial charge in [0.15, 0.2) is 6.29 Å². The van der Waals surface area contributed by atoms with Gasteiger partial charge >= 0.3 is 0 Å². The molecule has 0 aromatic heterocycles. The smallest absolute Gasteiger partial charge is 0.158 e. The molecule has 0 bridgehead atoms. The summed E-state index contributed by atoms with van der Waals surface area (Å²) in [5.41, 5.74) is -0.148. The van der Waals surface area contributed by atoms with E-state index in [9.17, 15) is 0 Å². The highest BCUT2D eigenvalue weighted by molar-refractivity contribution is 4.96. The SMILES string of the molecule is OCOCC1(OC2CCCCO2)CC1. The molecule has 1 unspecified atom stereocenters. The molecule has 2 rings (SSSR count). The molecule has 1 aliphatic carbocycles. The molecular formula is C10H18O4. The van der Waals surface area contributed by atoms with Gasteiger partial charge in [-0.25, -0.2) is 0 Å². The number of aliphatic hydroxyl groups is 1. The minimum Gasteiger partial charge on any atom is -0.371 e. The van der Waals surface area contributed by atoms with Crippen LogP contribution < -0.4 is 0 Å². The van der Waals surface area contributed by atoms with Crippen LogP contribution in [0.5, 0.6) is 0 Å². The summed E-state index contributed by atoms with van der Waals surface area (Å²) < 4.78 is 16.3. The fourth-order valence-electron chi connectivity index (χ4n) is 1.75. The van der Waals surface area contributed by atoms with E-state index in [1.807, 2.05) is 0 Å². The molecule has 0 amide bonds. The van der Waals surface area contributed by atoms with Gasteiger partial charge in [-0.15, -0.1) is 0 Å². The van der Waals surface area contributed by atoms with Crippen molar-refractivity contribution in [1.82, 2.24) is 0 Å². The molecule has 82 valence electrons. The second-order valence-corrected chi connectivity index (χ2v) is 4.07. The fraction of sp³-hybridized carbons (Fsp3) is 1.00. The Morgan fingerprint density at radius 2 is 2.21 bits per heavy atom. The monoisotopic (exact) mass is 202 g/mol. The van der Waals surface area contributed by atoms with Crippen LogP contribution in [0, 0.1) is 0 Å². The highest BCUT2D eigenvalue weighted by Gasteiger charge is 2.46. The van der Waals surface area contributed by atoms with E-state index < -0.39 is 0 Å². The van der Waals surface area contributed by atoms with Gasteiger partial charge in [0.2, 0.25) is 0 Å². The molecule has 4 nitrogen and oxygen atoms in total. The van der Waals surface area contributed by atoms with Gasteiger partial charge in [0.1, 0.15) is 6.79 Å². The number of rotatable bonds is 5. The van der Waals surface area contributed by atoms with E-state index in [1.54, 1.807) is 0 Å². The lowest BCUT2D eigenvalue weighted by Gasteiger charge is -2.27. The van der Waals surface area contributed by atoms with Crippen molar-refractivity contribution in [2.45, 2.75) is 44.0 Å². The number of hydrogen-bond acceptors (Lipinski definition) is 4. The Morgan fingerprint density at radius 3 is 2.79 bits per heavy atom.